The van der Waals surface area contributed by atoms with Gasteiger partial charge in [0, 0.05) is 19.3 Å². The topological polar surface area (TPSA) is 78.9 Å². The molecule has 0 heterocycles. The van der Waals surface area contributed by atoms with Crippen LogP contribution in [0.4, 0.5) is 0 Å². The van der Waals surface area contributed by atoms with Crippen LogP contribution in [-0.2, 0) is 28.6 Å². The lowest BCUT2D eigenvalue weighted by molar-refractivity contribution is -0.167. The third-order valence-corrected chi connectivity index (χ3v) is 10.7. The molecule has 0 aromatic rings. The van der Waals surface area contributed by atoms with Gasteiger partial charge < -0.3 is 14.2 Å². The lowest BCUT2D eigenvalue weighted by Gasteiger charge is -2.18. The zero-order valence-electron chi connectivity index (χ0n) is 39.5. The van der Waals surface area contributed by atoms with Gasteiger partial charge >= 0.3 is 17.9 Å². The first kappa shape index (κ1) is 57.1. The van der Waals surface area contributed by atoms with Crippen molar-refractivity contribution in [2.24, 2.45) is 0 Å². The van der Waals surface area contributed by atoms with E-state index in [0.29, 0.717) is 19.3 Å². The number of allylic oxidation sites excluding steroid dienone is 10. The van der Waals surface area contributed by atoms with Gasteiger partial charge in [0.05, 0.1) is 0 Å². The molecule has 0 aliphatic rings. The van der Waals surface area contributed by atoms with Crippen molar-refractivity contribution in [3.8, 4) is 0 Å². The molecule has 0 N–H and O–H groups in total. The second kappa shape index (κ2) is 48.8. The van der Waals surface area contributed by atoms with Crippen LogP contribution in [0.2, 0.25) is 0 Å². The number of unbranched alkanes of at least 4 members (excludes halogenated alkanes) is 24. The minimum Gasteiger partial charge on any atom is -0.462 e. The molecule has 0 amide bonds. The first-order chi connectivity index (χ1) is 29.5. The van der Waals surface area contributed by atoms with E-state index in [2.05, 4.69) is 81.5 Å². The third-order valence-electron chi connectivity index (χ3n) is 10.7. The van der Waals surface area contributed by atoms with E-state index in [4.69, 9.17) is 14.2 Å². The molecule has 0 aromatic heterocycles. The highest BCUT2D eigenvalue weighted by molar-refractivity contribution is 5.71. The summed E-state index contributed by atoms with van der Waals surface area (Å²) in [5.74, 6) is -0.968. The van der Waals surface area contributed by atoms with Crippen LogP contribution in [0.1, 0.15) is 245 Å². The molecule has 0 aliphatic carbocycles. The molecule has 6 heteroatoms. The van der Waals surface area contributed by atoms with Gasteiger partial charge in [0.2, 0.25) is 0 Å². The number of hydrogen-bond acceptors (Lipinski definition) is 6. The van der Waals surface area contributed by atoms with E-state index < -0.39 is 6.10 Å². The molecule has 0 spiro atoms. The summed E-state index contributed by atoms with van der Waals surface area (Å²) >= 11 is 0. The minimum absolute atomic E-state index is 0.0956. The first-order valence-corrected chi connectivity index (χ1v) is 25.3. The Morgan fingerprint density at radius 2 is 0.617 bits per heavy atom. The normalized spacial score (nSPS) is 12.5. The van der Waals surface area contributed by atoms with Gasteiger partial charge in [0.1, 0.15) is 13.2 Å². The van der Waals surface area contributed by atoms with Crippen molar-refractivity contribution in [1.29, 1.82) is 0 Å². The molecule has 1 atom stereocenters. The van der Waals surface area contributed by atoms with Crippen molar-refractivity contribution in [2.75, 3.05) is 13.2 Å². The summed E-state index contributed by atoms with van der Waals surface area (Å²) in [6.07, 6.45) is 59.2. The van der Waals surface area contributed by atoms with Crippen LogP contribution >= 0.6 is 0 Å². The van der Waals surface area contributed by atoms with Crippen LogP contribution in [0.5, 0.6) is 0 Å². The summed E-state index contributed by atoms with van der Waals surface area (Å²) in [5.41, 5.74) is 0. The highest BCUT2D eigenvalue weighted by Crippen LogP contribution is 2.14. The molecule has 0 saturated carbocycles. The largest absolute Gasteiger partial charge is 0.462 e. The fourth-order valence-electron chi connectivity index (χ4n) is 6.90. The van der Waals surface area contributed by atoms with E-state index in [1.807, 2.05) is 0 Å². The van der Waals surface area contributed by atoms with E-state index in [9.17, 15) is 14.4 Å². The standard InChI is InChI=1S/C54H94O6/c1-4-7-10-13-16-19-22-24-26-27-28-30-32-35-38-41-44-47-53(56)59-50-51(49-58-52(55)46-43-40-37-34-31-21-18-15-12-9-6-3)60-54(57)48-45-42-39-36-33-29-25-23-20-17-14-11-8-5-2/h16,19,24,26,28-30,33,35,38,51H,4-15,17-18,20-23,25,27,31-32,34,36-37,39-50H2,1-3H3/b19-16-,26-24-,30-28-,33-29-,38-35-. The molecule has 0 aliphatic heterocycles. The molecule has 1 unspecified atom stereocenters. The summed E-state index contributed by atoms with van der Waals surface area (Å²) in [6, 6.07) is 0. The maximum atomic E-state index is 12.8. The molecule has 0 bridgehead atoms. The van der Waals surface area contributed by atoms with Gasteiger partial charge in [-0.2, -0.15) is 0 Å². The van der Waals surface area contributed by atoms with Crippen molar-refractivity contribution in [1.82, 2.24) is 0 Å². The molecule has 60 heavy (non-hydrogen) atoms. The quantitative estimate of drug-likeness (QED) is 0.0263. The SMILES string of the molecule is CCCCC/C=C\C/C=C\C/C=C\C/C=C\CCCC(=O)OCC(COC(=O)CCCCCCCCCCCCC)OC(=O)CCCCC/C=C\CCCCCCCCC. The summed E-state index contributed by atoms with van der Waals surface area (Å²) in [4.78, 5) is 37.9. The van der Waals surface area contributed by atoms with Crippen molar-refractivity contribution in [3.63, 3.8) is 0 Å². The summed E-state index contributed by atoms with van der Waals surface area (Å²) in [6.45, 7) is 6.54. The smallest absolute Gasteiger partial charge is 0.306 e. The summed E-state index contributed by atoms with van der Waals surface area (Å²) < 4.78 is 16.7. The predicted molar refractivity (Wildman–Crippen MR) is 256 cm³/mol. The van der Waals surface area contributed by atoms with E-state index in [1.165, 1.54) is 122 Å². The van der Waals surface area contributed by atoms with Gasteiger partial charge in [-0.15, -0.1) is 0 Å². The second-order valence-corrected chi connectivity index (χ2v) is 16.7. The predicted octanol–water partition coefficient (Wildman–Crippen LogP) is 16.5. The molecular weight excluding hydrogens is 745 g/mol. The Kier molecular flexibility index (Phi) is 46.4. The fourth-order valence-corrected chi connectivity index (χ4v) is 6.90. The Morgan fingerprint density at radius 3 is 1.07 bits per heavy atom. The number of carbonyl (C=O) groups excluding carboxylic acids is 3. The fraction of sp³-hybridized carbons (Fsp3) is 0.759. The zero-order chi connectivity index (χ0) is 43.7. The van der Waals surface area contributed by atoms with Crippen LogP contribution in [0, 0.1) is 0 Å². The average Bonchev–Trinajstić information content (AvgIpc) is 3.24. The van der Waals surface area contributed by atoms with E-state index >= 15 is 0 Å². The lowest BCUT2D eigenvalue weighted by Crippen LogP contribution is -2.30. The number of rotatable bonds is 45. The van der Waals surface area contributed by atoms with Crippen molar-refractivity contribution in [3.05, 3.63) is 60.8 Å². The molecular formula is C54H94O6. The van der Waals surface area contributed by atoms with Crippen molar-refractivity contribution >= 4 is 17.9 Å². The number of esters is 3. The molecule has 6 nitrogen and oxygen atoms in total. The van der Waals surface area contributed by atoms with Crippen LogP contribution in [0.15, 0.2) is 60.8 Å². The second-order valence-electron chi connectivity index (χ2n) is 16.7. The minimum atomic E-state index is -0.800. The number of ether oxygens (including phenoxy) is 3. The Morgan fingerprint density at radius 1 is 0.333 bits per heavy atom. The van der Waals surface area contributed by atoms with Gasteiger partial charge in [0.15, 0.2) is 6.10 Å². The molecule has 0 aromatic carbocycles. The van der Waals surface area contributed by atoms with Crippen LogP contribution in [0.3, 0.4) is 0 Å². The lowest BCUT2D eigenvalue weighted by atomic mass is 10.1. The van der Waals surface area contributed by atoms with Gasteiger partial charge in [-0.1, -0.05) is 204 Å². The molecule has 0 fully saturated rings. The molecule has 0 rings (SSSR count). The first-order valence-electron chi connectivity index (χ1n) is 25.3. The third kappa shape index (κ3) is 46.2. The number of hydrogen-bond donors (Lipinski definition) is 0. The average molecular weight is 839 g/mol. The maximum Gasteiger partial charge on any atom is 0.306 e. The monoisotopic (exact) mass is 839 g/mol. The van der Waals surface area contributed by atoms with Crippen molar-refractivity contribution in [2.45, 2.75) is 252 Å². The molecule has 346 valence electrons. The number of carbonyl (C=O) groups is 3. The van der Waals surface area contributed by atoms with E-state index in [1.54, 1.807) is 0 Å². The summed E-state index contributed by atoms with van der Waals surface area (Å²) in [7, 11) is 0. The highest BCUT2D eigenvalue weighted by Gasteiger charge is 2.19. The Labute approximate surface area is 370 Å². The Bertz CT molecular complexity index is 1100. The van der Waals surface area contributed by atoms with E-state index in [-0.39, 0.29) is 37.5 Å². The van der Waals surface area contributed by atoms with Gasteiger partial charge in [0.25, 0.3) is 0 Å². The Balaban J connectivity index is 4.47. The van der Waals surface area contributed by atoms with Crippen LogP contribution in [0.25, 0.3) is 0 Å². The van der Waals surface area contributed by atoms with Crippen molar-refractivity contribution < 1.29 is 28.6 Å². The van der Waals surface area contributed by atoms with Crippen LogP contribution in [-0.4, -0.2) is 37.2 Å². The van der Waals surface area contributed by atoms with E-state index in [0.717, 1.165) is 77.0 Å². The molecule has 0 radical (unpaired) electrons. The highest BCUT2D eigenvalue weighted by atomic mass is 16.6. The van der Waals surface area contributed by atoms with Gasteiger partial charge in [-0.25, -0.2) is 0 Å². The Hall–Kier alpha value is -2.89. The van der Waals surface area contributed by atoms with Crippen LogP contribution < -0.4 is 0 Å². The van der Waals surface area contributed by atoms with Gasteiger partial charge in [-0.3, -0.25) is 14.4 Å². The molecule has 0 saturated heterocycles. The maximum absolute atomic E-state index is 12.8. The zero-order valence-corrected chi connectivity index (χ0v) is 39.5. The summed E-state index contributed by atoms with van der Waals surface area (Å²) in [5, 5.41) is 0. The van der Waals surface area contributed by atoms with Gasteiger partial charge in [-0.05, 0) is 83.5 Å².